The molecule has 0 N–H and O–H groups in total. The summed E-state index contributed by atoms with van der Waals surface area (Å²) in [6, 6.07) is 0. The van der Waals surface area contributed by atoms with Crippen molar-refractivity contribution in [3.63, 3.8) is 0 Å². The van der Waals surface area contributed by atoms with Gasteiger partial charge in [-0.25, -0.2) is 0 Å². The molecule has 0 unspecified atom stereocenters. The quantitative estimate of drug-likeness (QED) is 0.496. The average Bonchev–Trinajstić information content (AvgIpc) is 2.01. The Hall–Kier alpha value is -1.31. The zero-order chi connectivity index (χ0) is 10.7. The normalized spacial score (nSPS) is 26.0. The van der Waals surface area contributed by atoms with Crippen LogP contribution in [0.1, 0.15) is 20.3 Å². The number of ether oxygens (including phenoxy) is 1. The first-order valence-electron chi connectivity index (χ1n) is 4.70. The average molecular weight is 192 g/mol. The molecule has 0 saturated heterocycles. The summed E-state index contributed by atoms with van der Waals surface area (Å²) < 4.78 is 5.22. The fourth-order valence-corrected chi connectivity index (χ4v) is 1.80. The number of hydrogen-bond donors (Lipinski definition) is 0. The molecule has 76 valence electrons. The monoisotopic (exact) mass is 192 g/mol. The molecule has 0 bridgehead atoms. The van der Waals surface area contributed by atoms with E-state index in [0.717, 1.165) is 17.6 Å². The summed E-state index contributed by atoms with van der Waals surface area (Å²) in [6.07, 6.45) is 4.58. The predicted molar refractivity (Wildman–Crippen MR) is 56.8 cm³/mol. The van der Waals surface area contributed by atoms with Crippen molar-refractivity contribution < 1.29 is 9.53 Å². The van der Waals surface area contributed by atoms with Gasteiger partial charge in [0.1, 0.15) is 6.10 Å². The van der Waals surface area contributed by atoms with Crippen molar-refractivity contribution in [2.45, 2.75) is 26.4 Å². The molecule has 0 aromatic rings. The highest BCUT2D eigenvalue weighted by atomic mass is 16.5. The van der Waals surface area contributed by atoms with E-state index in [1.54, 1.807) is 0 Å². The van der Waals surface area contributed by atoms with Crippen molar-refractivity contribution in [2.75, 3.05) is 0 Å². The topological polar surface area (TPSA) is 26.3 Å². The van der Waals surface area contributed by atoms with Crippen LogP contribution in [0.15, 0.2) is 36.5 Å². The molecule has 0 aromatic heterocycles. The molecule has 2 heteroatoms. The lowest BCUT2D eigenvalue weighted by atomic mass is 9.83. The Morgan fingerprint density at radius 2 is 2.21 bits per heavy atom. The molecule has 0 aromatic carbocycles. The molecule has 1 aliphatic rings. The lowest BCUT2D eigenvalue weighted by molar-refractivity contribution is -0.147. The number of carbonyl (C=O) groups excluding carboxylic acids is 1. The third-order valence-corrected chi connectivity index (χ3v) is 2.32. The second-order valence-electron chi connectivity index (χ2n) is 3.68. The fourth-order valence-electron chi connectivity index (χ4n) is 1.80. The Bertz CT molecular complexity index is 299. The summed E-state index contributed by atoms with van der Waals surface area (Å²) in [5, 5.41) is 0. The van der Waals surface area contributed by atoms with Crippen LogP contribution >= 0.6 is 0 Å². The van der Waals surface area contributed by atoms with Gasteiger partial charge in [-0.05, 0) is 12.5 Å². The van der Waals surface area contributed by atoms with Crippen LogP contribution < -0.4 is 0 Å². The summed E-state index contributed by atoms with van der Waals surface area (Å²) >= 11 is 0. The van der Waals surface area contributed by atoms with Crippen molar-refractivity contribution in [3.05, 3.63) is 36.5 Å². The van der Waals surface area contributed by atoms with E-state index < -0.39 is 0 Å². The third-order valence-electron chi connectivity index (χ3n) is 2.32. The van der Waals surface area contributed by atoms with Crippen LogP contribution in [0.3, 0.4) is 0 Å². The Balaban J connectivity index is 2.82. The first kappa shape index (κ1) is 10.8. The molecule has 0 fully saturated rings. The van der Waals surface area contributed by atoms with Crippen LogP contribution in [0.2, 0.25) is 0 Å². The molecule has 1 rings (SSSR count). The zero-order valence-corrected chi connectivity index (χ0v) is 8.75. The second-order valence-corrected chi connectivity index (χ2v) is 3.68. The maximum Gasteiger partial charge on any atom is 0.302 e. The minimum atomic E-state index is -0.246. The summed E-state index contributed by atoms with van der Waals surface area (Å²) in [5.41, 5.74) is 1.96. The summed E-state index contributed by atoms with van der Waals surface area (Å²) in [6.45, 7) is 11.2. The fraction of sp³-hybridized carbons (Fsp3) is 0.417. The van der Waals surface area contributed by atoms with E-state index in [1.807, 2.05) is 19.1 Å². The Morgan fingerprint density at radius 1 is 1.57 bits per heavy atom. The summed E-state index contributed by atoms with van der Waals surface area (Å²) in [7, 11) is 0. The Labute approximate surface area is 85.0 Å². The highest BCUT2D eigenvalue weighted by Crippen LogP contribution is 2.30. The van der Waals surface area contributed by atoms with E-state index in [-0.39, 0.29) is 18.0 Å². The van der Waals surface area contributed by atoms with E-state index in [0.29, 0.717) is 0 Å². The molecular formula is C12H16O2. The van der Waals surface area contributed by atoms with Crippen LogP contribution in [-0.2, 0) is 9.53 Å². The third kappa shape index (κ3) is 2.34. The van der Waals surface area contributed by atoms with Crippen LogP contribution in [0.5, 0.6) is 0 Å². The minimum absolute atomic E-state index is 0.0731. The first-order chi connectivity index (χ1) is 6.52. The highest BCUT2D eigenvalue weighted by molar-refractivity contribution is 5.66. The number of rotatable bonds is 2. The van der Waals surface area contributed by atoms with Gasteiger partial charge in [0.25, 0.3) is 0 Å². The number of carbonyl (C=O) groups is 1. The lowest BCUT2D eigenvalue weighted by Gasteiger charge is -2.29. The van der Waals surface area contributed by atoms with Gasteiger partial charge in [0, 0.05) is 19.3 Å². The number of hydrogen-bond acceptors (Lipinski definition) is 2. The summed E-state index contributed by atoms with van der Waals surface area (Å²) in [5.74, 6) is -0.173. The van der Waals surface area contributed by atoms with Gasteiger partial charge < -0.3 is 4.74 Å². The zero-order valence-electron chi connectivity index (χ0n) is 8.75. The van der Waals surface area contributed by atoms with Crippen molar-refractivity contribution in [3.8, 4) is 0 Å². The molecule has 0 radical (unpaired) electrons. The first-order valence-corrected chi connectivity index (χ1v) is 4.70. The van der Waals surface area contributed by atoms with Crippen molar-refractivity contribution >= 4 is 5.97 Å². The van der Waals surface area contributed by atoms with Crippen LogP contribution in [0.25, 0.3) is 0 Å². The molecule has 0 heterocycles. The van der Waals surface area contributed by atoms with Crippen molar-refractivity contribution in [1.82, 2.24) is 0 Å². The van der Waals surface area contributed by atoms with Gasteiger partial charge in [-0.1, -0.05) is 30.9 Å². The second kappa shape index (κ2) is 4.27. The molecule has 1 aliphatic carbocycles. The largest absolute Gasteiger partial charge is 0.461 e. The molecule has 14 heavy (non-hydrogen) atoms. The standard InChI is InChI=1S/C12H16O2/c1-8(2)12-9(3)6-5-7-11(12)14-10(4)13/h5-6,11-12H,1,3,7H2,2,4H3/t11-,12+/m0/s1. The van der Waals surface area contributed by atoms with Gasteiger partial charge in [0.05, 0.1) is 0 Å². The van der Waals surface area contributed by atoms with E-state index in [1.165, 1.54) is 6.92 Å². The molecular weight excluding hydrogens is 176 g/mol. The number of allylic oxidation sites excluding steroid dienone is 1. The molecule has 0 aliphatic heterocycles. The predicted octanol–water partition coefficient (Wildman–Crippen LogP) is 2.63. The van der Waals surface area contributed by atoms with Gasteiger partial charge in [-0.3, -0.25) is 4.79 Å². The SMILES string of the molecule is C=C(C)[C@@H]1C(=C)C=CC[C@@H]1OC(C)=O. The molecule has 0 spiro atoms. The van der Waals surface area contributed by atoms with E-state index in [9.17, 15) is 4.79 Å². The lowest BCUT2D eigenvalue weighted by Crippen LogP contribution is -2.29. The van der Waals surface area contributed by atoms with Crippen LogP contribution in [0.4, 0.5) is 0 Å². The van der Waals surface area contributed by atoms with Gasteiger partial charge in [0.2, 0.25) is 0 Å². The molecule has 0 amide bonds. The van der Waals surface area contributed by atoms with Gasteiger partial charge >= 0.3 is 5.97 Å². The minimum Gasteiger partial charge on any atom is -0.461 e. The van der Waals surface area contributed by atoms with Crippen molar-refractivity contribution in [2.24, 2.45) is 5.92 Å². The highest BCUT2D eigenvalue weighted by Gasteiger charge is 2.27. The Morgan fingerprint density at radius 3 is 2.71 bits per heavy atom. The maximum absolute atomic E-state index is 10.9. The number of esters is 1. The van der Waals surface area contributed by atoms with Crippen molar-refractivity contribution in [1.29, 1.82) is 0 Å². The molecule has 0 saturated carbocycles. The molecule has 2 nitrogen and oxygen atoms in total. The van der Waals surface area contributed by atoms with Gasteiger partial charge in [-0.15, -0.1) is 0 Å². The van der Waals surface area contributed by atoms with E-state index >= 15 is 0 Å². The van der Waals surface area contributed by atoms with Gasteiger partial charge in [-0.2, -0.15) is 0 Å². The van der Waals surface area contributed by atoms with Crippen LogP contribution in [0, 0.1) is 5.92 Å². The maximum atomic E-state index is 10.9. The van der Waals surface area contributed by atoms with Crippen LogP contribution in [-0.4, -0.2) is 12.1 Å². The van der Waals surface area contributed by atoms with E-state index in [2.05, 4.69) is 13.2 Å². The summed E-state index contributed by atoms with van der Waals surface area (Å²) in [4.78, 5) is 10.9. The molecule has 2 atom stereocenters. The smallest absolute Gasteiger partial charge is 0.302 e. The van der Waals surface area contributed by atoms with E-state index in [4.69, 9.17) is 4.74 Å². The van der Waals surface area contributed by atoms with Gasteiger partial charge in [0.15, 0.2) is 0 Å². The Kier molecular flexibility index (Phi) is 3.28.